The lowest BCUT2D eigenvalue weighted by Crippen LogP contribution is -2.74. The van der Waals surface area contributed by atoms with Crippen molar-refractivity contribution in [2.75, 3.05) is 20.8 Å². The molecular weight excluding hydrogens is 438 g/mol. The van der Waals surface area contributed by atoms with Crippen molar-refractivity contribution >= 4 is 6.09 Å². The van der Waals surface area contributed by atoms with Crippen molar-refractivity contribution in [3.05, 3.63) is 0 Å². The zero-order valence-electron chi connectivity index (χ0n) is 22.1. The maximum absolute atomic E-state index is 13.4. The maximum Gasteiger partial charge on any atom is 0.410 e. The zero-order valence-corrected chi connectivity index (χ0v) is 22.1. The number of aliphatic hydroxyl groups excluding tert-OH is 1. The second-order valence-electron chi connectivity index (χ2n) is 12.1. The van der Waals surface area contributed by atoms with Gasteiger partial charge in [-0.2, -0.15) is 0 Å². The lowest BCUT2D eigenvalue weighted by atomic mass is 9.74. The second-order valence-corrected chi connectivity index (χ2v) is 12.1. The number of fused-ring (bicyclic) bond motifs is 1. The Morgan fingerprint density at radius 1 is 1.06 bits per heavy atom. The Bertz CT molecular complexity index is 744. The fraction of sp³-hybridized carbons (Fsp3) is 0.962. The van der Waals surface area contributed by atoms with Crippen LogP contribution in [0, 0.1) is 11.8 Å². The summed E-state index contributed by atoms with van der Waals surface area (Å²) >= 11 is 0. The van der Waals surface area contributed by atoms with E-state index in [1.807, 2.05) is 32.6 Å². The average molecular weight is 484 g/mol. The monoisotopic (exact) mass is 483 g/mol. The molecule has 0 radical (unpaired) electrons. The topological polar surface area (TPSA) is 86.7 Å². The molecule has 1 N–H and O–H groups in total. The van der Waals surface area contributed by atoms with E-state index in [9.17, 15) is 9.90 Å². The van der Waals surface area contributed by atoms with Gasteiger partial charge < -0.3 is 28.8 Å². The van der Waals surface area contributed by atoms with Gasteiger partial charge in [-0.3, -0.25) is 4.90 Å². The van der Waals surface area contributed by atoms with E-state index < -0.39 is 41.0 Å². The molecule has 0 aromatic carbocycles. The number of methoxy groups -OCH3 is 2. The van der Waals surface area contributed by atoms with Gasteiger partial charge in [-0.1, -0.05) is 32.1 Å². The highest BCUT2D eigenvalue weighted by atomic mass is 16.8. The van der Waals surface area contributed by atoms with E-state index in [1.54, 1.807) is 21.1 Å². The van der Waals surface area contributed by atoms with E-state index in [4.69, 9.17) is 23.7 Å². The van der Waals surface area contributed by atoms with Crippen LogP contribution in [0.5, 0.6) is 0 Å². The van der Waals surface area contributed by atoms with Gasteiger partial charge in [-0.25, -0.2) is 4.79 Å². The van der Waals surface area contributed by atoms with Gasteiger partial charge in [0.25, 0.3) is 0 Å². The highest BCUT2D eigenvalue weighted by Crippen LogP contribution is 2.58. The fourth-order valence-electron chi connectivity index (χ4n) is 6.46. The summed E-state index contributed by atoms with van der Waals surface area (Å²) in [5.74, 6) is -2.13. The van der Waals surface area contributed by atoms with Crippen LogP contribution in [0.2, 0.25) is 0 Å². The van der Waals surface area contributed by atoms with Crippen LogP contribution in [0.1, 0.15) is 86.0 Å². The minimum Gasteiger partial charge on any atom is -0.444 e. The molecule has 2 saturated heterocycles. The Morgan fingerprint density at radius 2 is 1.65 bits per heavy atom. The Morgan fingerprint density at radius 3 is 2.18 bits per heavy atom. The largest absolute Gasteiger partial charge is 0.444 e. The van der Waals surface area contributed by atoms with Gasteiger partial charge >= 0.3 is 6.09 Å². The number of ether oxygens (including phenoxy) is 5. The van der Waals surface area contributed by atoms with E-state index >= 15 is 0 Å². The summed E-state index contributed by atoms with van der Waals surface area (Å²) in [5.41, 5.74) is -1.10. The third-order valence-corrected chi connectivity index (χ3v) is 8.67. The average Bonchev–Trinajstić information content (AvgIpc) is 3.54. The highest BCUT2D eigenvalue weighted by Gasteiger charge is 2.69. The van der Waals surface area contributed by atoms with Crippen LogP contribution < -0.4 is 0 Å². The number of aliphatic hydroxyl groups is 1. The van der Waals surface area contributed by atoms with E-state index in [1.165, 1.54) is 19.3 Å². The molecule has 0 bridgehead atoms. The third kappa shape index (κ3) is 4.61. The molecule has 2 heterocycles. The molecule has 8 heteroatoms. The minimum absolute atomic E-state index is 0.295. The van der Waals surface area contributed by atoms with E-state index in [0.717, 1.165) is 25.7 Å². The van der Waals surface area contributed by atoms with Crippen LogP contribution in [-0.2, 0) is 23.7 Å². The van der Waals surface area contributed by atoms with Crippen LogP contribution in [0.3, 0.4) is 0 Å². The molecule has 1 amide bonds. The summed E-state index contributed by atoms with van der Waals surface area (Å²) in [7, 11) is 3.14. The first kappa shape index (κ1) is 26.1. The first-order valence-corrected chi connectivity index (χ1v) is 13.0. The van der Waals surface area contributed by atoms with E-state index in [2.05, 4.69) is 0 Å². The lowest BCUT2D eigenvalue weighted by Gasteiger charge is -2.59. The number of nitrogens with zero attached hydrogens (tertiary/aromatic N) is 1. The van der Waals surface area contributed by atoms with Crippen molar-refractivity contribution in [2.45, 2.75) is 127 Å². The molecule has 196 valence electrons. The zero-order chi connectivity index (χ0) is 24.9. The quantitative estimate of drug-likeness (QED) is 0.626. The van der Waals surface area contributed by atoms with Gasteiger partial charge in [0.15, 0.2) is 0 Å². The minimum atomic E-state index is -1.17. The molecule has 8 nitrogen and oxygen atoms in total. The van der Waals surface area contributed by atoms with Gasteiger partial charge in [0.1, 0.15) is 11.7 Å². The van der Waals surface area contributed by atoms with Crippen molar-refractivity contribution in [1.82, 2.24) is 4.90 Å². The summed E-state index contributed by atoms with van der Waals surface area (Å²) in [5, 5.41) is 11.7. The number of piperidine rings is 1. The molecule has 0 aromatic rings. The first-order chi connectivity index (χ1) is 15.9. The third-order valence-electron chi connectivity index (χ3n) is 8.67. The molecule has 6 atom stereocenters. The number of carbonyl (C=O) groups excluding carboxylic acids is 1. The number of likely N-dealkylation sites (tertiary alicyclic amines) is 1. The van der Waals surface area contributed by atoms with Crippen molar-refractivity contribution in [1.29, 1.82) is 0 Å². The van der Waals surface area contributed by atoms with Gasteiger partial charge in [-0.05, 0) is 59.8 Å². The van der Waals surface area contributed by atoms with E-state index in [0.29, 0.717) is 18.9 Å². The van der Waals surface area contributed by atoms with Crippen LogP contribution in [-0.4, -0.2) is 77.9 Å². The van der Waals surface area contributed by atoms with Gasteiger partial charge in [0.2, 0.25) is 11.6 Å². The van der Waals surface area contributed by atoms with Crippen LogP contribution >= 0.6 is 0 Å². The lowest BCUT2D eigenvalue weighted by molar-refractivity contribution is -0.460. The molecule has 1 spiro atoms. The van der Waals surface area contributed by atoms with Gasteiger partial charge in [-0.15, -0.1) is 0 Å². The predicted molar refractivity (Wildman–Crippen MR) is 126 cm³/mol. The molecule has 4 fully saturated rings. The number of rotatable bonds is 5. The first-order valence-electron chi connectivity index (χ1n) is 13.0. The maximum atomic E-state index is 13.4. The number of hydrogen-bond acceptors (Lipinski definition) is 7. The Kier molecular flexibility index (Phi) is 7.06. The second kappa shape index (κ2) is 9.18. The van der Waals surface area contributed by atoms with E-state index in [-0.39, 0.29) is 12.0 Å². The van der Waals surface area contributed by atoms with Crippen LogP contribution in [0.4, 0.5) is 4.79 Å². The molecule has 34 heavy (non-hydrogen) atoms. The smallest absolute Gasteiger partial charge is 0.410 e. The highest BCUT2D eigenvalue weighted by molar-refractivity contribution is 5.70. The standard InChI is InChI=1S/C26H45NO7/c1-23(2,3)34-22(29)27-16-19-21(33-25(5,31-7)24(4,30-6)32-19)20(26(27)13-14-26)18(28)15-17-11-9-8-10-12-17/h17-21,28H,8-16H2,1-7H3/t18?,19-,20-,21+,24+,25+/m1/s1. The summed E-state index contributed by atoms with van der Waals surface area (Å²) < 4.78 is 30.5. The number of hydrogen-bond donors (Lipinski definition) is 1. The molecule has 2 saturated carbocycles. The molecule has 2 aliphatic heterocycles. The summed E-state index contributed by atoms with van der Waals surface area (Å²) in [6.45, 7) is 9.55. The van der Waals surface area contributed by atoms with Crippen LogP contribution in [0.15, 0.2) is 0 Å². The number of carbonyl (C=O) groups is 1. The Hall–Kier alpha value is -0.930. The molecule has 4 rings (SSSR count). The molecular formula is C26H45NO7. The van der Waals surface area contributed by atoms with Crippen LogP contribution in [0.25, 0.3) is 0 Å². The number of amides is 1. The predicted octanol–water partition coefficient (Wildman–Crippen LogP) is 4.23. The Labute approximate surface area is 204 Å². The van der Waals surface area contributed by atoms with Gasteiger partial charge in [0.05, 0.1) is 24.3 Å². The van der Waals surface area contributed by atoms with Crippen molar-refractivity contribution in [3.8, 4) is 0 Å². The summed E-state index contributed by atoms with van der Waals surface area (Å²) in [4.78, 5) is 15.2. The van der Waals surface area contributed by atoms with Crippen molar-refractivity contribution in [3.63, 3.8) is 0 Å². The Balaban J connectivity index is 1.67. The summed E-state index contributed by atoms with van der Waals surface area (Å²) in [6, 6.07) is 0. The van der Waals surface area contributed by atoms with Crippen molar-refractivity contribution in [2.24, 2.45) is 11.8 Å². The molecule has 4 aliphatic rings. The molecule has 0 aromatic heterocycles. The fourth-order valence-corrected chi connectivity index (χ4v) is 6.46. The van der Waals surface area contributed by atoms with Gasteiger partial charge in [0, 0.05) is 20.1 Å². The molecule has 1 unspecified atom stereocenters. The van der Waals surface area contributed by atoms with Crippen molar-refractivity contribution < 1.29 is 33.6 Å². The summed E-state index contributed by atoms with van der Waals surface area (Å²) in [6.07, 6.45) is 6.49. The molecule has 2 aliphatic carbocycles. The SMILES string of the molecule is CO[C@@]1(C)O[C@@H]2[C@@H](C(O)CC3CCCCC3)C3(CC3)N(C(=O)OC(C)(C)C)C[C@H]2O[C@]1(C)OC. The normalized spacial score (nSPS) is 38.9.